The molecule has 0 bridgehead atoms. The molecule has 0 atom stereocenters. The number of nitrogens with zero attached hydrogens (tertiary/aromatic N) is 3. The van der Waals surface area contributed by atoms with Gasteiger partial charge in [0.15, 0.2) is 0 Å². The molecule has 0 aliphatic rings. The largest absolute Gasteiger partial charge is 0.456 e. The van der Waals surface area contributed by atoms with Crippen LogP contribution in [0.4, 0.5) is 51.2 Å². The van der Waals surface area contributed by atoms with Crippen molar-refractivity contribution in [3.63, 3.8) is 0 Å². The van der Waals surface area contributed by atoms with Gasteiger partial charge in [0.2, 0.25) is 0 Å². The van der Waals surface area contributed by atoms with Crippen molar-refractivity contribution in [3.8, 4) is 0 Å². The van der Waals surface area contributed by atoms with Crippen molar-refractivity contribution in [2.24, 2.45) is 0 Å². The van der Waals surface area contributed by atoms with Gasteiger partial charge in [0, 0.05) is 61.7 Å². The summed E-state index contributed by atoms with van der Waals surface area (Å²) in [5.74, 6) is 0. The summed E-state index contributed by atoms with van der Waals surface area (Å²) in [6.07, 6.45) is 0. The maximum atomic E-state index is 6.29. The van der Waals surface area contributed by atoms with Crippen LogP contribution in [-0.4, -0.2) is 0 Å². The molecule has 11 aromatic rings. The Bertz CT molecular complexity index is 3230. The molecule has 4 nitrogen and oxygen atoms in total. The molecule has 0 unspecified atom stereocenters. The van der Waals surface area contributed by atoms with Crippen molar-refractivity contribution in [1.82, 2.24) is 0 Å². The zero-order valence-corrected chi connectivity index (χ0v) is 32.8. The number of furan rings is 1. The molecule has 1 aromatic heterocycles. The fourth-order valence-corrected chi connectivity index (χ4v) is 8.66. The first-order valence-corrected chi connectivity index (χ1v) is 20.3. The van der Waals surface area contributed by atoms with Crippen molar-refractivity contribution in [1.29, 1.82) is 0 Å². The number of fused-ring (bicyclic) bond motifs is 6. The lowest BCUT2D eigenvalue weighted by Crippen LogP contribution is -2.14. The minimum Gasteiger partial charge on any atom is -0.456 e. The van der Waals surface area contributed by atoms with Gasteiger partial charge in [-0.1, -0.05) is 127 Å². The third-order valence-electron chi connectivity index (χ3n) is 11.3. The van der Waals surface area contributed by atoms with Crippen LogP contribution in [0, 0.1) is 0 Å². The number of para-hydroxylation sites is 5. The van der Waals surface area contributed by atoms with E-state index in [0.717, 1.165) is 78.5 Å². The highest BCUT2D eigenvalue weighted by Gasteiger charge is 2.21. The number of anilines is 9. The molecule has 1 heterocycles. The van der Waals surface area contributed by atoms with Crippen LogP contribution >= 0.6 is 0 Å². The second-order valence-electron chi connectivity index (χ2n) is 15.0. The van der Waals surface area contributed by atoms with E-state index in [-0.39, 0.29) is 0 Å². The summed E-state index contributed by atoms with van der Waals surface area (Å²) in [6, 6.07) is 84.1. The molecule has 0 saturated carbocycles. The molecular formula is C56H39N3O. The quantitative estimate of drug-likeness (QED) is 0.136. The van der Waals surface area contributed by atoms with Gasteiger partial charge in [-0.2, -0.15) is 0 Å². The van der Waals surface area contributed by atoms with E-state index in [4.69, 9.17) is 4.42 Å². The maximum absolute atomic E-state index is 6.29. The van der Waals surface area contributed by atoms with Crippen molar-refractivity contribution in [2.45, 2.75) is 0 Å². The number of benzene rings is 10. The third-order valence-corrected chi connectivity index (χ3v) is 11.3. The van der Waals surface area contributed by atoms with E-state index in [1.54, 1.807) is 0 Å². The molecule has 11 rings (SSSR count). The zero-order valence-electron chi connectivity index (χ0n) is 32.8. The Morgan fingerprint density at radius 2 is 0.667 bits per heavy atom. The van der Waals surface area contributed by atoms with Gasteiger partial charge in [0.1, 0.15) is 11.2 Å². The van der Waals surface area contributed by atoms with Crippen LogP contribution in [0.25, 0.3) is 43.5 Å². The lowest BCUT2D eigenvalue weighted by molar-refractivity contribution is 0.669. The van der Waals surface area contributed by atoms with Crippen LogP contribution in [0.1, 0.15) is 0 Å². The lowest BCUT2D eigenvalue weighted by Gasteiger charge is -2.31. The first kappa shape index (κ1) is 35.1. The summed E-state index contributed by atoms with van der Waals surface area (Å²) in [6.45, 7) is 0. The van der Waals surface area contributed by atoms with Crippen molar-refractivity contribution in [2.75, 3.05) is 14.7 Å². The lowest BCUT2D eigenvalue weighted by atomic mass is 9.98. The van der Waals surface area contributed by atoms with Gasteiger partial charge in [-0.25, -0.2) is 0 Å². The fourth-order valence-electron chi connectivity index (χ4n) is 8.66. The van der Waals surface area contributed by atoms with Crippen LogP contribution in [-0.2, 0) is 0 Å². The highest BCUT2D eigenvalue weighted by atomic mass is 16.3. The predicted octanol–water partition coefficient (Wildman–Crippen LogP) is 16.3. The Morgan fingerprint density at radius 1 is 0.233 bits per heavy atom. The summed E-state index contributed by atoms with van der Waals surface area (Å²) in [7, 11) is 0. The minimum absolute atomic E-state index is 0.906. The van der Waals surface area contributed by atoms with Gasteiger partial charge in [0.25, 0.3) is 0 Å². The van der Waals surface area contributed by atoms with Crippen LogP contribution in [0.5, 0.6) is 0 Å². The molecular weight excluding hydrogens is 731 g/mol. The highest BCUT2D eigenvalue weighted by Crippen LogP contribution is 2.45. The predicted molar refractivity (Wildman–Crippen MR) is 253 cm³/mol. The summed E-state index contributed by atoms with van der Waals surface area (Å²) in [5.41, 5.74) is 11.5. The molecule has 0 saturated heterocycles. The van der Waals surface area contributed by atoms with E-state index in [1.807, 2.05) is 12.1 Å². The van der Waals surface area contributed by atoms with Gasteiger partial charge in [-0.05, 0) is 125 Å². The second-order valence-corrected chi connectivity index (χ2v) is 15.0. The second kappa shape index (κ2) is 15.0. The molecule has 0 fully saturated rings. The van der Waals surface area contributed by atoms with Crippen molar-refractivity contribution >= 4 is 94.7 Å². The van der Waals surface area contributed by atoms with E-state index in [1.165, 1.54) is 16.2 Å². The summed E-state index contributed by atoms with van der Waals surface area (Å²) < 4.78 is 6.29. The van der Waals surface area contributed by atoms with Crippen LogP contribution < -0.4 is 14.7 Å². The zero-order chi connectivity index (χ0) is 39.8. The summed E-state index contributed by atoms with van der Waals surface area (Å²) in [5, 5.41) is 6.97. The summed E-state index contributed by atoms with van der Waals surface area (Å²) >= 11 is 0. The fraction of sp³-hybridized carbons (Fsp3) is 0. The molecule has 4 heteroatoms. The molecule has 60 heavy (non-hydrogen) atoms. The molecule has 0 aliphatic carbocycles. The van der Waals surface area contributed by atoms with Crippen LogP contribution in [0.3, 0.4) is 0 Å². The first-order chi connectivity index (χ1) is 29.8. The molecule has 10 aromatic carbocycles. The van der Waals surface area contributed by atoms with Crippen molar-refractivity contribution < 1.29 is 4.42 Å². The third kappa shape index (κ3) is 6.28. The van der Waals surface area contributed by atoms with Gasteiger partial charge in [-0.3, -0.25) is 0 Å². The monoisotopic (exact) mass is 769 g/mol. The standard InChI is InChI=1S/C56H39N3O/c1-5-18-41(19-6-1)57(42-20-7-2-8-21-42)45-26-15-27-46(37-45)58(43-22-9-3-10-23-43)47-28-16-29-48(38-47)59(44-24-11-4-12-25-44)54-32-17-31-49-50(54)35-34-40-36-56-53(39-52(40)49)51-30-13-14-33-55(51)60-56/h1-39H. The van der Waals surface area contributed by atoms with E-state index >= 15 is 0 Å². The Labute approximate surface area is 349 Å². The molecule has 284 valence electrons. The van der Waals surface area contributed by atoms with E-state index in [9.17, 15) is 0 Å². The topological polar surface area (TPSA) is 22.9 Å². The maximum Gasteiger partial charge on any atom is 0.136 e. The Morgan fingerprint density at radius 3 is 1.23 bits per heavy atom. The van der Waals surface area contributed by atoms with Crippen molar-refractivity contribution in [3.05, 3.63) is 237 Å². The van der Waals surface area contributed by atoms with E-state index < -0.39 is 0 Å². The average molecular weight is 770 g/mol. The Hall–Kier alpha value is -8.08. The van der Waals surface area contributed by atoms with Crippen LogP contribution in [0.2, 0.25) is 0 Å². The minimum atomic E-state index is 0.906. The van der Waals surface area contributed by atoms with Gasteiger partial charge in [-0.15, -0.1) is 0 Å². The summed E-state index contributed by atoms with van der Waals surface area (Å²) in [4.78, 5) is 7.04. The normalized spacial score (nSPS) is 11.3. The highest BCUT2D eigenvalue weighted by molar-refractivity contribution is 6.18. The van der Waals surface area contributed by atoms with Gasteiger partial charge >= 0.3 is 0 Å². The number of hydrogen-bond donors (Lipinski definition) is 0. The first-order valence-electron chi connectivity index (χ1n) is 20.3. The Balaban J connectivity index is 1.07. The average Bonchev–Trinajstić information content (AvgIpc) is 3.68. The number of hydrogen-bond acceptors (Lipinski definition) is 4. The van der Waals surface area contributed by atoms with E-state index in [0.29, 0.717) is 0 Å². The van der Waals surface area contributed by atoms with E-state index in [2.05, 4.69) is 239 Å². The number of rotatable bonds is 9. The van der Waals surface area contributed by atoms with Crippen LogP contribution in [0.15, 0.2) is 241 Å². The molecule has 0 amide bonds. The van der Waals surface area contributed by atoms with Gasteiger partial charge < -0.3 is 19.1 Å². The molecule has 0 aliphatic heterocycles. The SMILES string of the molecule is c1ccc(N(c2ccccc2)c2cccc(N(c3ccccc3)c3cccc(N(c4ccccc4)c4cccc5c4ccc4cc6oc7ccccc7c6cc45)c3)c2)cc1. The molecule has 0 radical (unpaired) electrons. The smallest absolute Gasteiger partial charge is 0.136 e. The Kier molecular flexibility index (Phi) is 8.79. The van der Waals surface area contributed by atoms with Gasteiger partial charge in [0.05, 0.1) is 5.69 Å². The molecule has 0 N–H and O–H groups in total. The molecule has 0 spiro atoms.